The highest BCUT2D eigenvalue weighted by atomic mass is 16.5. The standard InChI is InChI=1S/C12H19N3O2/c1-2-10(8-16-5-1)12-14-11(17-15-12)6-9-3-4-13-7-9/h9-10,13H,1-8H2. The smallest absolute Gasteiger partial charge is 0.226 e. The van der Waals surface area contributed by atoms with Gasteiger partial charge in [0.1, 0.15) is 0 Å². The average molecular weight is 237 g/mol. The van der Waals surface area contributed by atoms with Crippen molar-refractivity contribution in [3.63, 3.8) is 0 Å². The van der Waals surface area contributed by atoms with E-state index >= 15 is 0 Å². The predicted octanol–water partition coefficient (Wildman–Crippen LogP) is 1.12. The second-order valence-corrected chi connectivity index (χ2v) is 5.02. The van der Waals surface area contributed by atoms with Crippen molar-refractivity contribution >= 4 is 0 Å². The zero-order valence-corrected chi connectivity index (χ0v) is 10.0. The van der Waals surface area contributed by atoms with Crippen LogP contribution in [0.5, 0.6) is 0 Å². The third-order valence-corrected chi connectivity index (χ3v) is 3.63. The Morgan fingerprint density at radius 3 is 3.12 bits per heavy atom. The minimum Gasteiger partial charge on any atom is -0.381 e. The second-order valence-electron chi connectivity index (χ2n) is 5.02. The quantitative estimate of drug-likeness (QED) is 0.853. The van der Waals surface area contributed by atoms with Gasteiger partial charge in [0.15, 0.2) is 5.82 Å². The molecule has 3 rings (SSSR count). The van der Waals surface area contributed by atoms with Crippen LogP contribution in [0.3, 0.4) is 0 Å². The van der Waals surface area contributed by atoms with Gasteiger partial charge in [-0.1, -0.05) is 5.16 Å². The van der Waals surface area contributed by atoms with Crippen LogP contribution in [-0.4, -0.2) is 36.4 Å². The van der Waals surface area contributed by atoms with Crippen molar-refractivity contribution < 1.29 is 9.26 Å². The maximum absolute atomic E-state index is 5.45. The van der Waals surface area contributed by atoms with E-state index in [0.29, 0.717) is 11.8 Å². The lowest BCUT2D eigenvalue weighted by molar-refractivity contribution is 0.0773. The fraction of sp³-hybridized carbons (Fsp3) is 0.833. The molecule has 1 aromatic heterocycles. The van der Waals surface area contributed by atoms with Gasteiger partial charge in [0, 0.05) is 18.9 Å². The molecule has 0 bridgehead atoms. The fourth-order valence-corrected chi connectivity index (χ4v) is 2.60. The molecule has 2 saturated heterocycles. The Hall–Kier alpha value is -0.940. The Morgan fingerprint density at radius 1 is 1.35 bits per heavy atom. The molecule has 0 aliphatic carbocycles. The van der Waals surface area contributed by atoms with Crippen LogP contribution in [0.25, 0.3) is 0 Å². The average Bonchev–Trinajstić information content (AvgIpc) is 3.02. The Morgan fingerprint density at radius 2 is 2.35 bits per heavy atom. The molecule has 0 spiro atoms. The van der Waals surface area contributed by atoms with E-state index in [0.717, 1.165) is 57.3 Å². The summed E-state index contributed by atoms with van der Waals surface area (Å²) in [5, 5.41) is 7.45. The zero-order chi connectivity index (χ0) is 11.5. The molecule has 94 valence electrons. The predicted molar refractivity (Wildman–Crippen MR) is 61.8 cm³/mol. The number of hydrogen-bond acceptors (Lipinski definition) is 5. The summed E-state index contributed by atoms with van der Waals surface area (Å²) in [4.78, 5) is 4.51. The first-order valence-electron chi connectivity index (χ1n) is 6.53. The van der Waals surface area contributed by atoms with Crippen LogP contribution >= 0.6 is 0 Å². The number of ether oxygens (including phenoxy) is 1. The molecule has 0 saturated carbocycles. The monoisotopic (exact) mass is 237 g/mol. The van der Waals surface area contributed by atoms with Gasteiger partial charge in [0.2, 0.25) is 5.89 Å². The molecular weight excluding hydrogens is 218 g/mol. The number of rotatable bonds is 3. The highest BCUT2D eigenvalue weighted by Gasteiger charge is 2.23. The van der Waals surface area contributed by atoms with Gasteiger partial charge in [0.25, 0.3) is 0 Å². The highest BCUT2D eigenvalue weighted by Crippen LogP contribution is 2.23. The van der Waals surface area contributed by atoms with E-state index in [2.05, 4.69) is 15.5 Å². The maximum atomic E-state index is 5.45. The van der Waals surface area contributed by atoms with Crippen LogP contribution in [0.4, 0.5) is 0 Å². The number of hydrogen-bond donors (Lipinski definition) is 1. The van der Waals surface area contributed by atoms with Gasteiger partial charge < -0.3 is 14.6 Å². The second kappa shape index (κ2) is 5.14. The molecule has 17 heavy (non-hydrogen) atoms. The molecule has 0 amide bonds. The summed E-state index contributed by atoms with van der Waals surface area (Å²) < 4.78 is 10.8. The van der Waals surface area contributed by atoms with Crippen LogP contribution in [0.15, 0.2) is 4.52 Å². The molecule has 2 unspecified atom stereocenters. The van der Waals surface area contributed by atoms with E-state index < -0.39 is 0 Å². The summed E-state index contributed by atoms with van der Waals surface area (Å²) >= 11 is 0. The lowest BCUT2D eigenvalue weighted by Crippen LogP contribution is -2.16. The Labute approximate surface area is 101 Å². The van der Waals surface area contributed by atoms with Gasteiger partial charge in [0.05, 0.1) is 6.61 Å². The van der Waals surface area contributed by atoms with Crippen molar-refractivity contribution in [1.29, 1.82) is 0 Å². The number of nitrogens with one attached hydrogen (secondary N) is 1. The highest BCUT2D eigenvalue weighted by molar-refractivity contribution is 4.97. The van der Waals surface area contributed by atoms with Gasteiger partial charge in [-0.3, -0.25) is 0 Å². The Kier molecular flexibility index (Phi) is 3.38. The third-order valence-electron chi connectivity index (χ3n) is 3.63. The van der Waals surface area contributed by atoms with Gasteiger partial charge in [-0.05, 0) is 38.3 Å². The first-order valence-corrected chi connectivity index (χ1v) is 6.53. The number of aromatic nitrogens is 2. The van der Waals surface area contributed by atoms with Crippen molar-refractivity contribution in [2.45, 2.75) is 31.6 Å². The summed E-state index contributed by atoms with van der Waals surface area (Å²) in [7, 11) is 0. The number of nitrogens with zero attached hydrogens (tertiary/aromatic N) is 2. The van der Waals surface area contributed by atoms with Crippen molar-refractivity contribution in [3.8, 4) is 0 Å². The van der Waals surface area contributed by atoms with Crippen LogP contribution in [0.1, 0.15) is 36.9 Å². The summed E-state index contributed by atoms with van der Waals surface area (Å²) in [5.41, 5.74) is 0. The zero-order valence-electron chi connectivity index (χ0n) is 10.0. The van der Waals surface area contributed by atoms with E-state index in [1.165, 1.54) is 6.42 Å². The first-order chi connectivity index (χ1) is 8.42. The van der Waals surface area contributed by atoms with Crippen molar-refractivity contribution in [3.05, 3.63) is 11.7 Å². The molecule has 2 aliphatic rings. The SMILES string of the molecule is C1COCC(c2noc(CC3CCNC3)n2)C1. The van der Waals surface area contributed by atoms with Crippen LogP contribution < -0.4 is 5.32 Å². The summed E-state index contributed by atoms with van der Waals surface area (Å²) in [6.07, 6.45) is 4.34. The van der Waals surface area contributed by atoms with Gasteiger partial charge in [-0.2, -0.15) is 4.98 Å². The third kappa shape index (κ3) is 2.66. The Balaban J connectivity index is 1.60. The maximum Gasteiger partial charge on any atom is 0.226 e. The molecular formula is C12H19N3O2. The molecule has 0 radical (unpaired) electrons. The minimum absolute atomic E-state index is 0.336. The Bertz CT molecular complexity index is 354. The lowest BCUT2D eigenvalue weighted by Gasteiger charge is -2.18. The van der Waals surface area contributed by atoms with Crippen molar-refractivity contribution in [2.24, 2.45) is 5.92 Å². The van der Waals surface area contributed by atoms with Gasteiger partial charge >= 0.3 is 0 Å². The normalized spacial score (nSPS) is 29.6. The van der Waals surface area contributed by atoms with E-state index in [1.807, 2.05) is 0 Å². The first kappa shape index (κ1) is 11.2. The summed E-state index contributed by atoms with van der Waals surface area (Å²) in [6.45, 7) is 3.80. The van der Waals surface area contributed by atoms with Crippen LogP contribution in [0, 0.1) is 5.92 Å². The molecule has 1 aromatic rings. The topological polar surface area (TPSA) is 60.2 Å². The van der Waals surface area contributed by atoms with E-state index in [1.54, 1.807) is 0 Å². The van der Waals surface area contributed by atoms with E-state index in [9.17, 15) is 0 Å². The summed E-state index contributed by atoms with van der Waals surface area (Å²) in [5.74, 6) is 2.62. The molecule has 5 heteroatoms. The minimum atomic E-state index is 0.336. The van der Waals surface area contributed by atoms with Crippen molar-refractivity contribution in [1.82, 2.24) is 15.5 Å². The molecule has 2 fully saturated rings. The molecule has 1 N–H and O–H groups in total. The molecule has 2 atom stereocenters. The molecule has 3 heterocycles. The summed E-state index contributed by atoms with van der Waals surface area (Å²) in [6, 6.07) is 0. The lowest BCUT2D eigenvalue weighted by atomic mass is 10.0. The van der Waals surface area contributed by atoms with E-state index in [4.69, 9.17) is 9.26 Å². The van der Waals surface area contributed by atoms with Crippen LogP contribution in [0.2, 0.25) is 0 Å². The fourth-order valence-electron chi connectivity index (χ4n) is 2.60. The van der Waals surface area contributed by atoms with Gasteiger partial charge in [-0.15, -0.1) is 0 Å². The molecule has 0 aromatic carbocycles. The van der Waals surface area contributed by atoms with Crippen molar-refractivity contribution in [2.75, 3.05) is 26.3 Å². The van der Waals surface area contributed by atoms with Crippen LogP contribution in [-0.2, 0) is 11.2 Å². The van der Waals surface area contributed by atoms with Gasteiger partial charge in [-0.25, -0.2) is 0 Å². The molecule has 2 aliphatic heterocycles. The van der Waals surface area contributed by atoms with E-state index in [-0.39, 0.29) is 0 Å². The molecule has 5 nitrogen and oxygen atoms in total. The largest absolute Gasteiger partial charge is 0.381 e.